The Labute approximate surface area is 225 Å². The third-order valence-corrected chi connectivity index (χ3v) is 8.14. The molecule has 2 unspecified atom stereocenters. The Kier molecular flexibility index (Phi) is 6.87. The Balaban J connectivity index is 1.33. The third-order valence-electron chi connectivity index (χ3n) is 6.43. The van der Waals surface area contributed by atoms with Crippen LogP contribution in [0.25, 0.3) is 11.1 Å². The van der Waals surface area contributed by atoms with Crippen LogP contribution in [0, 0.1) is 0 Å². The number of anilines is 1. The van der Waals surface area contributed by atoms with E-state index in [-0.39, 0.29) is 12.3 Å². The van der Waals surface area contributed by atoms with Gasteiger partial charge in [-0.05, 0) is 55.2 Å². The summed E-state index contributed by atoms with van der Waals surface area (Å²) in [6.45, 7) is 1.67. The zero-order valence-corrected chi connectivity index (χ0v) is 22.1. The highest BCUT2D eigenvalue weighted by atomic mass is 35.5. The summed E-state index contributed by atoms with van der Waals surface area (Å²) < 4.78 is 26.5. The Morgan fingerprint density at radius 3 is 2.39 bits per heavy atom. The van der Waals surface area contributed by atoms with Crippen molar-refractivity contribution in [2.24, 2.45) is 0 Å². The number of fused-ring (bicyclic) bond motifs is 1. The van der Waals surface area contributed by atoms with Gasteiger partial charge in [0.25, 0.3) is 0 Å². The van der Waals surface area contributed by atoms with Gasteiger partial charge in [-0.1, -0.05) is 59.1 Å². The van der Waals surface area contributed by atoms with Crippen LogP contribution in [-0.4, -0.2) is 19.7 Å². The van der Waals surface area contributed by atoms with Gasteiger partial charge in [0.2, 0.25) is 11.8 Å². The van der Waals surface area contributed by atoms with Gasteiger partial charge in [-0.15, -0.1) is 0 Å². The lowest BCUT2D eigenvalue weighted by Crippen LogP contribution is -2.16. The van der Waals surface area contributed by atoms with Gasteiger partial charge in [-0.2, -0.15) is 0 Å². The number of carbonyl (C=O) groups is 1. The van der Waals surface area contributed by atoms with E-state index in [1.807, 2.05) is 6.07 Å². The number of carbonyl (C=O) groups excluding carboxylic acids is 1. The molecule has 1 saturated carbocycles. The van der Waals surface area contributed by atoms with Crippen LogP contribution in [0.5, 0.6) is 0 Å². The summed E-state index contributed by atoms with van der Waals surface area (Å²) in [6.07, 6.45) is 1.71. The van der Waals surface area contributed by atoms with E-state index in [0.717, 1.165) is 29.5 Å². The van der Waals surface area contributed by atoms with Crippen LogP contribution in [0.2, 0.25) is 15.1 Å². The molecule has 0 saturated heterocycles. The molecular weight excluding hydrogens is 543 g/mol. The normalized spacial score (nSPS) is 16.0. The Morgan fingerprint density at radius 2 is 1.78 bits per heavy atom. The van der Waals surface area contributed by atoms with Crippen molar-refractivity contribution in [3.05, 3.63) is 92.2 Å². The van der Waals surface area contributed by atoms with Gasteiger partial charge in [-0.3, -0.25) is 4.79 Å². The van der Waals surface area contributed by atoms with Crippen molar-refractivity contribution in [1.82, 2.24) is 4.98 Å². The van der Waals surface area contributed by atoms with Crippen LogP contribution in [0.3, 0.4) is 0 Å². The van der Waals surface area contributed by atoms with Gasteiger partial charge in [0.1, 0.15) is 5.52 Å². The molecule has 5 rings (SSSR count). The number of halogens is 3. The largest absolute Gasteiger partial charge is 0.440 e. The minimum Gasteiger partial charge on any atom is -0.440 e. The molecule has 1 aromatic heterocycles. The van der Waals surface area contributed by atoms with E-state index in [1.165, 1.54) is 0 Å². The molecule has 1 aliphatic carbocycles. The molecule has 1 heterocycles. The Bertz CT molecular complexity index is 1480. The summed E-state index contributed by atoms with van der Waals surface area (Å²) >= 11 is 17.5. The average Bonchev–Trinajstić information content (AvgIpc) is 3.49. The molecular formula is C26H21Cl3N2O4S. The Hall–Kier alpha value is -2.42. The lowest BCUT2D eigenvalue weighted by atomic mass is 9.95. The number of amides is 1. The smallest absolute Gasteiger partial charge is 0.228 e. The first-order valence-corrected chi connectivity index (χ1v) is 13.5. The molecule has 0 spiro atoms. The van der Waals surface area contributed by atoms with E-state index in [4.69, 9.17) is 39.2 Å². The third kappa shape index (κ3) is 4.91. The molecule has 0 bridgehead atoms. The van der Waals surface area contributed by atoms with Crippen molar-refractivity contribution in [2.45, 2.75) is 36.9 Å². The fourth-order valence-electron chi connectivity index (χ4n) is 4.31. The summed E-state index contributed by atoms with van der Waals surface area (Å²) in [5.41, 5.74) is 3.52. The van der Waals surface area contributed by atoms with E-state index in [0.29, 0.717) is 37.7 Å². The van der Waals surface area contributed by atoms with E-state index >= 15 is 0 Å². The lowest BCUT2D eigenvalue weighted by molar-refractivity contribution is -0.115. The van der Waals surface area contributed by atoms with Crippen LogP contribution in [0.1, 0.15) is 47.6 Å². The molecule has 1 fully saturated rings. The van der Waals surface area contributed by atoms with Crippen molar-refractivity contribution in [3.63, 3.8) is 0 Å². The molecule has 0 radical (unpaired) electrons. The second-order valence-electron chi connectivity index (χ2n) is 8.91. The summed E-state index contributed by atoms with van der Waals surface area (Å²) in [7, 11) is 0. The van der Waals surface area contributed by atoms with E-state index in [1.54, 1.807) is 55.5 Å². The molecule has 4 aromatic rings. The van der Waals surface area contributed by atoms with Gasteiger partial charge >= 0.3 is 0 Å². The van der Waals surface area contributed by atoms with Crippen LogP contribution in [-0.2, 0) is 27.7 Å². The maximum atomic E-state index is 12.7. The van der Waals surface area contributed by atoms with Crippen molar-refractivity contribution in [3.8, 4) is 0 Å². The second-order valence-corrected chi connectivity index (χ2v) is 11.4. The number of hydrogen-bond donors (Lipinski definition) is 2. The van der Waals surface area contributed by atoms with Crippen LogP contribution >= 0.6 is 34.8 Å². The molecule has 6 nitrogen and oxygen atoms in total. The van der Waals surface area contributed by atoms with Crippen LogP contribution < -0.4 is 5.32 Å². The minimum atomic E-state index is -1.95. The van der Waals surface area contributed by atoms with Crippen molar-refractivity contribution >= 4 is 68.6 Å². The number of hydrogen-bond acceptors (Lipinski definition) is 4. The molecule has 2 N–H and O–H groups in total. The summed E-state index contributed by atoms with van der Waals surface area (Å²) in [4.78, 5) is 17.3. The molecule has 3 aromatic carbocycles. The SMILES string of the molecule is CC(c1ccc(CC(=O)Nc2cc(Cl)c(C3(c4nc5ccc(Cl)cc5o4)CC3)c(Cl)c2)cc1)S(=O)O. The van der Waals surface area contributed by atoms with Gasteiger partial charge < -0.3 is 14.3 Å². The van der Waals surface area contributed by atoms with Crippen molar-refractivity contribution < 1.29 is 18.0 Å². The van der Waals surface area contributed by atoms with Crippen molar-refractivity contribution in [1.29, 1.82) is 0 Å². The molecule has 186 valence electrons. The fraction of sp³-hybridized carbons (Fsp3) is 0.231. The standard InChI is InChI=1S/C26H21Cl3N2O4S/c1-14(36(33)34)16-4-2-15(3-5-16)10-23(32)30-18-12-19(28)24(20(29)13-18)26(8-9-26)25-31-21-7-6-17(27)11-22(21)35-25/h2-7,11-14H,8-10H2,1H3,(H,30,32)(H,33,34). The predicted molar refractivity (Wildman–Crippen MR) is 143 cm³/mol. The molecule has 2 atom stereocenters. The summed E-state index contributed by atoms with van der Waals surface area (Å²) in [5.74, 6) is 0.307. The first-order chi connectivity index (χ1) is 17.2. The number of nitrogens with one attached hydrogen (secondary N) is 1. The molecule has 36 heavy (non-hydrogen) atoms. The molecule has 10 heteroatoms. The first-order valence-electron chi connectivity index (χ1n) is 11.2. The van der Waals surface area contributed by atoms with Gasteiger partial charge in [0, 0.05) is 32.4 Å². The number of nitrogens with zero attached hydrogens (tertiary/aromatic N) is 1. The average molecular weight is 564 g/mol. The minimum absolute atomic E-state index is 0.128. The fourth-order valence-corrected chi connectivity index (χ4v) is 5.72. The second kappa shape index (κ2) is 9.80. The van der Waals surface area contributed by atoms with Gasteiger partial charge in [0.05, 0.1) is 17.1 Å². The number of oxazole rings is 1. The van der Waals surface area contributed by atoms with Gasteiger partial charge in [0.15, 0.2) is 16.7 Å². The topological polar surface area (TPSA) is 92.4 Å². The molecule has 1 amide bonds. The number of aromatic nitrogens is 1. The summed E-state index contributed by atoms with van der Waals surface area (Å²) in [6, 6.07) is 15.7. The first kappa shape index (κ1) is 25.2. The number of benzene rings is 3. The maximum absolute atomic E-state index is 12.7. The van der Waals surface area contributed by atoms with Crippen molar-refractivity contribution in [2.75, 3.05) is 5.32 Å². The van der Waals surface area contributed by atoms with E-state index < -0.39 is 21.7 Å². The van der Waals surface area contributed by atoms with E-state index in [2.05, 4.69) is 10.3 Å². The van der Waals surface area contributed by atoms with Crippen LogP contribution in [0.15, 0.2) is 59.0 Å². The maximum Gasteiger partial charge on any atom is 0.228 e. The lowest BCUT2D eigenvalue weighted by Gasteiger charge is -2.17. The quantitative estimate of drug-likeness (QED) is 0.230. The molecule has 0 aliphatic heterocycles. The summed E-state index contributed by atoms with van der Waals surface area (Å²) in [5, 5.41) is 3.75. The zero-order chi connectivity index (χ0) is 25.6. The highest BCUT2D eigenvalue weighted by Gasteiger charge is 2.52. The van der Waals surface area contributed by atoms with Gasteiger partial charge in [-0.25, -0.2) is 9.19 Å². The highest BCUT2D eigenvalue weighted by molar-refractivity contribution is 7.79. The number of rotatable bonds is 7. The highest BCUT2D eigenvalue weighted by Crippen LogP contribution is 2.57. The Morgan fingerprint density at radius 1 is 1.11 bits per heavy atom. The predicted octanol–water partition coefficient (Wildman–Crippen LogP) is 7.33. The van der Waals surface area contributed by atoms with E-state index in [9.17, 15) is 13.6 Å². The monoisotopic (exact) mass is 562 g/mol. The van der Waals surface area contributed by atoms with Crippen LogP contribution in [0.4, 0.5) is 5.69 Å². The zero-order valence-electron chi connectivity index (χ0n) is 19.1. The molecule has 1 aliphatic rings.